The fourth-order valence-electron chi connectivity index (χ4n) is 0.520. The van der Waals surface area contributed by atoms with Crippen molar-refractivity contribution in [2.45, 2.75) is 40.2 Å². The summed E-state index contributed by atoms with van der Waals surface area (Å²) in [6, 6.07) is 0. The van der Waals surface area contributed by atoms with Crippen molar-refractivity contribution in [1.82, 2.24) is 5.32 Å². The van der Waals surface area contributed by atoms with Gasteiger partial charge in [-0.25, -0.2) is 0 Å². The number of rotatable bonds is 2. The molecule has 0 atom stereocenters. The van der Waals surface area contributed by atoms with Gasteiger partial charge in [-0.2, -0.15) is 0 Å². The second kappa shape index (κ2) is 4.27. The molecule has 0 aromatic carbocycles. The van der Waals surface area contributed by atoms with Crippen LogP contribution in [0.1, 0.15) is 34.6 Å². The minimum atomic E-state index is 0.203. The first-order chi connectivity index (χ1) is 4.83. The van der Waals surface area contributed by atoms with Crippen LogP contribution in [0.3, 0.4) is 0 Å². The zero-order chi connectivity index (χ0) is 9.07. The van der Waals surface area contributed by atoms with Crippen LogP contribution in [0.4, 0.5) is 0 Å². The van der Waals surface area contributed by atoms with E-state index in [0.29, 0.717) is 0 Å². The average molecular weight is 220 g/mol. The van der Waals surface area contributed by atoms with Crippen molar-refractivity contribution in [3.05, 3.63) is 10.1 Å². The molecule has 0 saturated heterocycles. The molecule has 0 radical (unpaired) electrons. The Bertz CT molecular complexity index is 149. The zero-order valence-electron chi connectivity index (χ0n) is 8.09. The fourth-order valence-corrected chi connectivity index (χ4v) is 0.660. The van der Waals surface area contributed by atoms with E-state index in [1.54, 1.807) is 0 Å². The molecule has 0 aromatic heterocycles. The van der Waals surface area contributed by atoms with E-state index in [1.165, 1.54) is 10.1 Å². The number of nitrogens with one attached hydrogen (secondary N) is 1. The minimum Gasteiger partial charge on any atom is -0.307 e. The van der Waals surface area contributed by atoms with Crippen molar-refractivity contribution in [3.8, 4) is 0 Å². The average Bonchev–Trinajstić information content (AvgIpc) is 1.80. The highest BCUT2D eigenvalue weighted by Gasteiger charge is 2.08. The Labute approximate surface area is 78.4 Å². The largest absolute Gasteiger partial charge is 0.307 e. The van der Waals surface area contributed by atoms with Gasteiger partial charge in [0.15, 0.2) is 0 Å². The van der Waals surface area contributed by atoms with Crippen LogP contribution < -0.4 is 5.32 Å². The van der Waals surface area contributed by atoms with E-state index in [-0.39, 0.29) is 5.54 Å². The first kappa shape index (κ1) is 11.2. The molecule has 66 valence electrons. The molecule has 0 aliphatic rings. The van der Waals surface area contributed by atoms with Crippen molar-refractivity contribution in [2.24, 2.45) is 0 Å². The summed E-state index contributed by atoms with van der Waals surface area (Å²) in [6.45, 7) is 11.6. The normalized spacial score (nSPS) is 11.5. The Morgan fingerprint density at radius 2 is 1.73 bits per heavy atom. The van der Waals surface area contributed by atoms with E-state index in [2.05, 4.69) is 55.9 Å². The molecule has 1 nitrogen and oxygen atoms in total. The molecule has 0 spiro atoms. The van der Waals surface area contributed by atoms with E-state index in [0.717, 1.165) is 6.54 Å². The third-order valence-corrected chi connectivity index (χ3v) is 2.39. The van der Waals surface area contributed by atoms with Crippen LogP contribution in [0.5, 0.6) is 0 Å². The summed E-state index contributed by atoms with van der Waals surface area (Å²) in [4.78, 5) is 0. The van der Waals surface area contributed by atoms with Crippen LogP contribution in [-0.2, 0) is 0 Å². The van der Waals surface area contributed by atoms with E-state index in [1.807, 2.05) is 0 Å². The van der Waals surface area contributed by atoms with Gasteiger partial charge in [0.25, 0.3) is 0 Å². The highest BCUT2D eigenvalue weighted by Crippen LogP contribution is 2.11. The quantitative estimate of drug-likeness (QED) is 0.754. The van der Waals surface area contributed by atoms with E-state index >= 15 is 0 Å². The molecule has 0 amide bonds. The summed E-state index contributed by atoms with van der Waals surface area (Å²) in [7, 11) is 0. The monoisotopic (exact) mass is 219 g/mol. The SMILES string of the molecule is CC(C)=C(Br)CNC(C)(C)C. The van der Waals surface area contributed by atoms with E-state index in [9.17, 15) is 0 Å². The smallest absolute Gasteiger partial charge is 0.0275 e. The van der Waals surface area contributed by atoms with Gasteiger partial charge in [0.2, 0.25) is 0 Å². The molecule has 0 aliphatic carbocycles. The lowest BCUT2D eigenvalue weighted by Gasteiger charge is -2.20. The molecule has 0 saturated carbocycles. The molecule has 11 heavy (non-hydrogen) atoms. The topological polar surface area (TPSA) is 12.0 Å². The maximum atomic E-state index is 3.51. The van der Waals surface area contributed by atoms with Crippen LogP contribution in [0, 0.1) is 0 Å². The Morgan fingerprint density at radius 3 is 2.00 bits per heavy atom. The van der Waals surface area contributed by atoms with Crippen LogP contribution in [-0.4, -0.2) is 12.1 Å². The van der Waals surface area contributed by atoms with Crippen LogP contribution in [0.15, 0.2) is 10.1 Å². The predicted octanol–water partition coefficient (Wildman–Crippen LogP) is 3.06. The lowest BCUT2D eigenvalue weighted by molar-refractivity contribution is 0.448. The van der Waals surface area contributed by atoms with Crippen molar-refractivity contribution in [2.75, 3.05) is 6.54 Å². The van der Waals surface area contributed by atoms with Crippen molar-refractivity contribution < 1.29 is 0 Å². The second-order valence-electron chi connectivity index (χ2n) is 4.01. The van der Waals surface area contributed by atoms with Gasteiger partial charge in [0, 0.05) is 16.6 Å². The predicted molar refractivity (Wildman–Crippen MR) is 55.1 cm³/mol. The van der Waals surface area contributed by atoms with Crippen LogP contribution >= 0.6 is 15.9 Å². The summed E-state index contributed by atoms with van der Waals surface area (Å²) < 4.78 is 1.26. The number of halogens is 1. The lowest BCUT2D eigenvalue weighted by atomic mass is 10.1. The number of hydrogen-bond acceptors (Lipinski definition) is 1. The molecule has 0 bridgehead atoms. The molecule has 0 unspecified atom stereocenters. The Kier molecular flexibility index (Phi) is 4.34. The molecule has 0 rings (SSSR count). The first-order valence-corrected chi connectivity index (χ1v) is 4.69. The maximum Gasteiger partial charge on any atom is 0.0275 e. The lowest BCUT2D eigenvalue weighted by Crippen LogP contribution is -2.36. The number of allylic oxidation sites excluding steroid dienone is 1. The standard InChI is InChI=1S/C9H18BrN/c1-7(2)8(10)6-11-9(3,4)5/h11H,6H2,1-5H3. The molecule has 0 aliphatic heterocycles. The third-order valence-electron chi connectivity index (χ3n) is 1.32. The zero-order valence-corrected chi connectivity index (χ0v) is 9.67. The summed E-state index contributed by atoms with van der Waals surface area (Å²) in [5.74, 6) is 0. The second-order valence-corrected chi connectivity index (χ2v) is 4.97. The Hall–Kier alpha value is 0.180. The Morgan fingerprint density at radius 1 is 1.27 bits per heavy atom. The molecule has 0 aromatic rings. The van der Waals surface area contributed by atoms with Gasteiger partial charge in [-0.3, -0.25) is 0 Å². The molecule has 1 N–H and O–H groups in total. The van der Waals surface area contributed by atoms with Gasteiger partial charge in [0.05, 0.1) is 0 Å². The molecule has 2 heteroatoms. The summed E-state index contributed by atoms with van der Waals surface area (Å²) in [6.07, 6.45) is 0. The van der Waals surface area contributed by atoms with E-state index < -0.39 is 0 Å². The summed E-state index contributed by atoms with van der Waals surface area (Å²) in [5, 5.41) is 3.40. The van der Waals surface area contributed by atoms with Gasteiger partial charge in [-0.15, -0.1) is 0 Å². The number of hydrogen-bond donors (Lipinski definition) is 1. The maximum absolute atomic E-state index is 3.51. The van der Waals surface area contributed by atoms with Gasteiger partial charge in [0.1, 0.15) is 0 Å². The minimum absolute atomic E-state index is 0.203. The molecule has 0 fully saturated rings. The molecular formula is C9H18BrN. The first-order valence-electron chi connectivity index (χ1n) is 3.90. The summed E-state index contributed by atoms with van der Waals surface area (Å²) in [5.41, 5.74) is 1.54. The van der Waals surface area contributed by atoms with E-state index in [4.69, 9.17) is 0 Å². The molecular weight excluding hydrogens is 202 g/mol. The van der Waals surface area contributed by atoms with Crippen LogP contribution in [0.25, 0.3) is 0 Å². The molecule has 0 heterocycles. The highest BCUT2D eigenvalue weighted by molar-refractivity contribution is 9.11. The third kappa shape index (κ3) is 6.57. The van der Waals surface area contributed by atoms with Crippen LogP contribution in [0.2, 0.25) is 0 Å². The summed E-state index contributed by atoms with van der Waals surface area (Å²) >= 11 is 3.51. The Balaban J connectivity index is 3.82. The highest BCUT2D eigenvalue weighted by atomic mass is 79.9. The van der Waals surface area contributed by atoms with Crippen molar-refractivity contribution in [1.29, 1.82) is 0 Å². The van der Waals surface area contributed by atoms with Crippen molar-refractivity contribution in [3.63, 3.8) is 0 Å². The fraction of sp³-hybridized carbons (Fsp3) is 0.778. The van der Waals surface area contributed by atoms with Gasteiger partial charge in [-0.05, 0) is 34.6 Å². The van der Waals surface area contributed by atoms with Gasteiger partial charge < -0.3 is 5.32 Å². The van der Waals surface area contributed by atoms with Crippen molar-refractivity contribution >= 4 is 15.9 Å². The van der Waals surface area contributed by atoms with Gasteiger partial charge in [-0.1, -0.05) is 21.5 Å². The van der Waals surface area contributed by atoms with Gasteiger partial charge >= 0.3 is 0 Å².